The highest BCUT2D eigenvalue weighted by Crippen LogP contribution is 2.39. The fourth-order valence-corrected chi connectivity index (χ4v) is 2.15. The third kappa shape index (κ3) is 4.70. The number of amides is 1. The monoisotopic (exact) mass is 283 g/mol. The standard InChI is InChI=1S/C11H16F3NO4/c12-11(13,14)7-3-1-2-6(4-7)9(17)15-5-8(16)10(18)19/h6-8,16H,1-5H2,(H,15,17)(H,18,19)/t6?,7?,8-/m0/s1. The molecule has 3 N–H and O–H groups in total. The van der Waals surface area contributed by atoms with Gasteiger partial charge in [0.05, 0.1) is 12.5 Å². The number of carbonyl (C=O) groups is 2. The Morgan fingerprint density at radius 2 is 1.95 bits per heavy atom. The number of hydrogen-bond acceptors (Lipinski definition) is 3. The van der Waals surface area contributed by atoms with Crippen LogP contribution in [0.2, 0.25) is 0 Å². The molecule has 0 aromatic heterocycles. The smallest absolute Gasteiger partial charge is 0.391 e. The average Bonchev–Trinajstić information content (AvgIpc) is 2.34. The van der Waals surface area contributed by atoms with Gasteiger partial charge in [-0.1, -0.05) is 6.42 Å². The second-order valence-corrected chi connectivity index (χ2v) is 4.70. The van der Waals surface area contributed by atoms with E-state index in [9.17, 15) is 22.8 Å². The molecular formula is C11H16F3NO4. The number of halogens is 3. The molecule has 0 bridgehead atoms. The summed E-state index contributed by atoms with van der Waals surface area (Å²) in [5, 5.41) is 19.5. The summed E-state index contributed by atoms with van der Waals surface area (Å²) >= 11 is 0. The van der Waals surface area contributed by atoms with Gasteiger partial charge in [-0.25, -0.2) is 4.79 Å². The molecule has 1 amide bonds. The summed E-state index contributed by atoms with van der Waals surface area (Å²) in [6.45, 7) is -0.499. The van der Waals surface area contributed by atoms with E-state index in [1.54, 1.807) is 0 Å². The summed E-state index contributed by atoms with van der Waals surface area (Å²) in [5.74, 6) is -4.38. The lowest BCUT2D eigenvalue weighted by molar-refractivity contribution is -0.186. The number of aliphatic hydroxyl groups excluding tert-OH is 1. The van der Waals surface area contributed by atoms with Crippen LogP contribution in [0.1, 0.15) is 25.7 Å². The van der Waals surface area contributed by atoms with Gasteiger partial charge in [-0.05, 0) is 19.3 Å². The summed E-state index contributed by atoms with van der Waals surface area (Å²) in [6.07, 6.45) is -5.65. The number of alkyl halides is 3. The molecule has 1 aliphatic carbocycles. The van der Waals surface area contributed by atoms with Crippen molar-refractivity contribution in [1.29, 1.82) is 0 Å². The molecule has 0 aliphatic heterocycles. The van der Waals surface area contributed by atoms with E-state index in [2.05, 4.69) is 5.32 Å². The molecule has 0 radical (unpaired) electrons. The lowest BCUT2D eigenvalue weighted by atomic mass is 9.80. The maximum absolute atomic E-state index is 12.5. The highest BCUT2D eigenvalue weighted by atomic mass is 19.4. The Morgan fingerprint density at radius 1 is 1.32 bits per heavy atom. The van der Waals surface area contributed by atoms with Crippen molar-refractivity contribution in [2.24, 2.45) is 11.8 Å². The van der Waals surface area contributed by atoms with Crippen LogP contribution in [0.25, 0.3) is 0 Å². The van der Waals surface area contributed by atoms with Crippen LogP contribution < -0.4 is 5.32 Å². The van der Waals surface area contributed by atoms with Crippen LogP contribution in [0, 0.1) is 11.8 Å². The van der Waals surface area contributed by atoms with Crippen molar-refractivity contribution in [2.75, 3.05) is 6.54 Å². The molecule has 1 rings (SSSR count). The topological polar surface area (TPSA) is 86.6 Å². The van der Waals surface area contributed by atoms with Gasteiger partial charge in [-0.2, -0.15) is 13.2 Å². The van der Waals surface area contributed by atoms with E-state index in [1.165, 1.54) is 0 Å². The van der Waals surface area contributed by atoms with E-state index in [0.29, 0.717) is 12.8 Å². The molecule has 1 saturated carbocycles. The quantitative estimate of drug-likeness (QED) is 0.716. The van der Waals surface area contributed by atoms with Crippen LogP contribution in [0.5, 0.6) is 0 Å². The number of hydrogen-bond donors (Lipinski definition) is 3. The maximum Gasteiger partial charge on any atom is 0.391 e. The molecule has 0 heterocycles. The Bertz CT molecular complexity index is 345. The summed E-state index contributed by atoms with van der Waals surface area (Å²) in [4.78, 5) is 21.9. The van der Waals surface area contributed by atoms with Gasteiger partial charge in [0.15, 0.2) is 6.10 Å². The van der Waals surface area contributed by atoms with E-state index >= 15 is 0 Å². The molecule has 8 heteroatoms. The minimum atomic E-state index is -4.31. The fourth-order valence-electron chi connectivity index (χ4n) is 2.15. The first-order valence-corrected chi connectivity index (χ1v) is 5.97. The zero-order valence-electron chi connectivity index (χ0n) is 10.1. The molecule has 3 atom stereocenters. The minimum Gasteiger partial charge on any atom is -0.479 e. The molecule has 5 nitrogen and oxygen atoms in total. The van der Waals surface area contributed by atoms with Gasteiger partial charge in [0.1, 0.15) is 0 Å². The van der Waals surface area contributed by atoms with Crippen molar-refractivity contribution >= 4 is 11.9 Å². The summed E-state index contributed by atoms with van der Waals surface area (Å²) in [7, 11) is 0. The Labute approximate surface area is 107 Å². The van der Waals surface area contributed by atoms with Crippen molar-refractivity contribution in [2.45, 2.75) is 38.0 Å². The molecule has 110 valence electrons. The van der Waals surface area contributed by atoms with Crippen molar-refractivity contribution in [1.82, 2.24) is 5.32 Å². The number of carboxylic acid groups (broad SMARTS) is 1. The SMILES string of the molecule is O=C(NC[C@H](O)C(=O)O)C1CCCC(C(F)(F)F)C1. The molecular weight excluding hydrogens is 267 g/mol. The molecule has 0 aromatic rings. The van der Waals surface area contributed by atoms with E-state index in [0.717, 1.165) is 0 Å². The third-order valence-corrected chi connectivity index (χ3v) is 3.26. The van der Waals surface area contributed by atoms with Crippen LogP contribution in [0.3, 0.4) is 0 Å². The Balaban J connectivity index is 2.46. The minimum absolute atomic E-state index is 0.0189. The summed E-state index contributed by atoms with van der Waals surface area (Å²) < 4.78 is 37.6. The summed E-state index contributed by atoms with van der Waals surface area (Å²) in [5.41, 5.74) is 0. The van der Waals surface area contributed by atoms with Gasteiger partial charge in [0, 0.05) is 5.92 Å². The van der Waals surface area contributed by atoms with Crippen LogP contribution in [0.15, 0.2) is 0 Å². The molecule has 0 aromatic carbocycles. The number of nitrogens with one attached hydrogen (secondary N) is 1. The maximum atomic E-state index is 12.5. The zero-order chi connectivity index (χ0) is 14.6. The predicted molar refractivity (Wildman–Crippen MR) is 58.2 cm³/mol. The Hall–Kier alpha value is -1.31. The fraction of sp³-hybridized carbons (Fsp3) is 0.818. The second-order valence-electron chi connectivity index (χ2n) is 4.70. The van der Waals surface area contributed by atoms with Gasteiger partial charge < -0.3 is 15.5 Å². The van der Waals surface area contributed by atoms with Gasteiger partial charge in [0.25, 0.3) is 0 Å². The van der Waals surface area contributed by atoms with Crippen LogP contribution in [-0.2, 0) is 9.59 Å². The first-order chi connectivity index (χ1) is 8.71. The number of carboxylic acids is 1. The molecule has 2 unspecified atom stereocenters. The first-order valence-electron chi connectivity index (χ1n) is 5.97. The van der Waals surface area contributed by atoms with Crippen molar-refractivity contribution in [3.8, 4) is 0 Å². The number of aliphatic hydroxyl groups is 1. The highest BCUT2D eigenvalue weighted by Gasteiger charge is 2.43. The third-order valence-electron chi connectivity index (χ3n) is 3.26. The van der Waals surface area contributed by atoms with E-state index in [4.69, 9.17) is 10.2 Å². The van der Waals surface area contributed by atoms with Gasteiger partial charge in [0.2, 0.25) is 5.91 Å². The zero-order valence-corrected chi connectivity index (χ0v) is 10.1. The number of aliphatic carboxylic acids is 1. The Morgan fingerprint density at radius 3 is 2.47 bits per heavy atom. The number of carbonyl (C=O) groups excluding carboxylic acids is 1. The number of rotatable bonds is 4. The molecule has 0 spiro atoms. The largest absolute Gasteiger partial charge is 0.479 e. The molecule has 1 aliphatic rings. The predicted octanol–water partition coefficient (Wildman–Crippen LogP) is 0.917. The Kier molecular flexibility index (Phi) is 5.16. The first kappa shape index (κ1) is 15.7. The van der Waals surface area contributed by atoms with Crippen LogP contribution in [0.4, 0.5) is 13.2 Å². The molecule has 19 heavy (non-hydrogen) atoms. The lowest BCUT2D eigenvalue weighted by Crippen LogP contribution is -2.41. The van der Waals surface area contributed by atoms with Gasteiger partial charge in [-0.3, -0.25) is 4.79 Å². The summed E-state index contributed by atoms with van der Waals surface area (Å²) in [6, 6.07) is 0. The normalized spacial score (nSPS) is 25.7. The van der Waals surface area contributed by atoms with Gasteiger partial charge in [-0.15, -0.1) is 0 Å². The van der Waals surface area contributed by atoms with Crippen molar-refractivity contribution in [3.05, 3.63) is 0 Å². The van der Waals surface area contributed by atoms with E-state index in [-0.39, 0.29) is 12.8 Å². The molecule has 0 saturated heterocycles. The van der Waals surface area contributed by atoms with Crippen molar-refractivity contribution < 1.29 is 33.0 Å². The van der Waals surface area contributed by atoms with E-state index < -0.39 is 42.5 Å². The van der Waals surface area contributed by atoms with Crippen LogP contribution >= 0.6 is 0 Å². The molecule has 1 fully saturated rings. The van der Waals surface area contributed by atoms with Crippen LogP contribution in [-0.4, -0.2) is 40.9 Å². The average molecular weight is 283 g/mol. The van der Waals surface area contributed by atoms with E-state index in [1.807, 2.05) is 0 Å². The lowest BCUT2D eigenvalue weighted by Gasteiger charge is -2.29. The highest BCUT2D eigenvalue weighted by molar-refractivity contribution is 5.80. The van der Waals surface area contributed by atoms with Crippen molar-refractivity contribution in [3.63, 3.8) is 0 Å². The second kappa shape index (κ2) is 6.23. The van der Waals surface area contributed by atoms with Gasteiger partial charge >= 0.3 is 12.1 Å².